The van der Waals surface area contributed by atoms with Gasteiger partial charge in [-0.15, -0.1) is 0 Å². The maximum atomic E-state index is 12.4. The van der Waals surface area contributed by atoms with Gasteiger partial charge in [-0.1, -0.05) is 39.0 Å². The number of rotatable bonds is 4. The molecule has 0 bridgehead atoms. The van der Waals surface area contributed by atoms with Gasteiger partial charge in [-0.25, -0.2) is 4.79 Å². The fourth-order valence-corrected chi connectivity index (χ4v) is 3.49. The Bertz CT molecular complexity index is 837. The van der Waals surface area contributed by atoms with Crippen molar-refractivity contribution >= 4 is 11.9 Å². The quantitative estimate of drug-likeness (QED) is 0.891. The van der Waals surface area contributed by atoms with E-state index in [2.05, 4.69) is 0 Å². The lowest BCUT2D eigenvalue weighted by Crippen LogP contribution is -2.38. The highest BCUT2D eigenvalue weighted by Gasteiger charge is 2.32. The second kappa shape index (κ2) is 7.51. The zero-order valence-corrected chi connectivity index (χ0v) is 16.1. The van der Waals surface area contributed by atoms with Crippen molar-refractivity contribution in [1.29, 1.82) is 0 Å². The van der Waals surface area contributed by atoms with Crippen LogP contribution in [0.2, 0.25) is 0 Å². The molecule has 1 amide bonds. The van der Waals surface area contributed by atoms with E-state index < -0.39 is 5.97 Å². The van der Waals surface area contributed by atoms with E-state index in [1.54, 1.807) is 24.3 Å². The minimum Gasteiger partial charge on any atom is -0.478 e. The Morgan fingerprint density at radius 3 is 2.48 bits per heavy atom. The lowest BCUT2D eigenvalue weighted by Gasteiger charge is -2.25. The molecule has 1 fully saturated rings. The molecule has 27 heavy (non-hydrogen) atoms. The van der Waals surface area contributed by atoms with Crippen LogP contribution in [0.5, 0.6) is 0 Å². The van der Waals surface area contributed by atoms with Gasteiger partial charge >= 0.3 is 5.97 Å². The largest absolute Gasteiger partial charge is 0.478 e. The summed E-state index contributed by atoms with van der Waals surface area (Å²) >= 11 is 0. The van der Waals surface area contributed by atoms with Crippen LogP contribution in [0.15, 0.2) is 42.5 Å². The molecule has 0 saturated carbocycles. The van der Waals surface area contributed by atoms with E-state index in [0.717, 1.165) is 42.9 Å². The molecule has 2 heterocycles. The molecule has 142 valence electrons. The van der Waals surface area contributed by atoms with Gasteiger partial charge in [0, 0.05) is 29.8 Å². The first-order chi connectivity index (χ1) is 12.7. The summed E-state index contributed by atoms with van der Waals surface area (Å²) in [5, 5.41) is 9.02. The van der Waals surface area contributed by atoms with Gasteiger partial charge in [0.1, 0.15) is 0 Å². The number of carbonyl (C=O) groups excluding carboxylic acids is 1. The van der Waals surface area contributed by atoms with Crippen LogP contribution in [-0.4, -0.2) is 40.0 Å². The Kier molecular flexibility index (Phi) is 5.31. The van der Waals surface area contributed by atoms with Crippen molar-refractivity contribution in [3.05, 3.63) is 53.7 Å². The van der Waals surface area contributed by atoms with Gasteiger partial charge in [-0.05, 0) is 43.0 Å². The van der Waals surface area contributed by atoms with Crippen LogP contribution in [-0.2, 0) is 11.2 Å². The van der Waals surface area contributed by atoms with Crippen molar-refractivity contribution in [2.75, 3.05) is 13.1 Å². The zero-order chi connectivity index (χ0) is 19.6. The van der Waals surface area contributed by atoms with E-state index in [4.69, 9.17) is 10.1 Å². The Morgan fingerprint density at radius 2 is 1.85 bits per heavy atom. The van der Waals surface area contributed by atoms with Crippen molar-refractivity contribution < 1.29 is 14.7 Å². The average molecular weight is 366 g/mol. The zero-order valence-electron chi connectivity index (χ0n) is 16.1. The molecule has 1 N–H and O–H groups in total. The molecule has 0 spiro atoms. The van der Waals surface area contributed by atoms with E-state index in [0.29, 0.717) is 5.92 Å². The van der Waals surface area contributed by atoms with Crippen molar-refractivity contribution in [2.24, 2.45) is 11.3 Å². The molecular weight excluding hydrogens is 340 g/mol. The number of amides is 1. The number of aromatic carboxylic acids is 1. The highest BCUT2D eigenvalue weighted by atomic mass is 16.4. The topological polar surface area (TPSA) is 70.5 Å². The molecule has 5 nitrogen and oxygen atoms in total. The molecule has 1 aliphatic heterocycles. The summed E-state index contributed by atoms with van der Waals surface area (Å²) in [6.45, 7) is 7.49. The fraction of sp³-hybridized carbons (Fsp3) is 0.409. The molecule has 1 aliphatic rings. The number of hydrogen-bond acceptors (Lipinski definition) is 3. The monoisotopic (exact) mass is 366 g/mol. The Hall–Kier alpha value is -2.69. The molecule has 1 aromatic carbocycles. The summed E-state index contributed by atoms with van der Waals surface area (Å²) in [5.41, 5.74) is 2.67. The summed E-state index contributed by atoms with van der Waals surface area (Å²) in [7, 11) is 0. The number of hydrogen-bond donors (Lipinski definition) is 1. The number of carboxylic acids is 1. The SMILES string of the molecule is CC(C)(C)C(=O)N1CCC(Cc2cccc(-c3ccc(C(=O)O)cc3)n2)C1. The van der Waals surface area contributed by atoms with Crippen LogP contribution in [0.4, 0.5) is 0 Å². The van der Waals surface area contributed by atoms with Gasteiger partial charge in [0.25, 0.3) is 0 Å². The van der Waals surface area contributed by atoms with Crippen molar-refractivity contribution in [3.8, 4) is 11.3 Å². The highest BCUT2D eigenvalue weighted by molar-refractivity contribution is 5.88. The van der Waals surface area contributed by atoms with Gasteiger partial charge in [-0.2, -0.15) is 0 Å². The summed E-state index contributed by atoms with van der Waals surface area (Å²) in [6, 6.07) is 12.7. The second-order valence-corrected chi connectivity index (χ2v) is 8.26. The fourth-order valence-electron chi connectivity index (χ4n) is 3.49. The van der Waals surface area contributed by atoms with Crippen LogP contribution in [0, 0.1) is 11.3 Å². The van der Waals surface area contributed by atoms with Gasteiger partial charge in [-0.3, -0.25) is 9.78 Å². The smallest absolute Gasteiger partial charge is 0.335 e. The highest BCUT2D eigenvalue weighted by Crippen LogP contribution is 2.26. The number of carbonyl (C=O) groups is 2. The molecule has 3 rings (SSSR count). The number of aromatic nitrogens is 1. The van der Waals surface area contributed by atoms with E-state index in [1.807, 2.05) is 43.9 Å². The van der Waals surface area contributed by atoms with Crippen LogP contribution < -0.4 is 0 Å². The van der Waals surface area contributed by atoms with E-state index >= 15 is 0 Å². The first-order valence-electron chi connectivity index (χ1n) is 9.33. The minimum absolute atomic E-state index is 0.213. The summed E-state index contributed by atoms with van der Waals surface area (Å²) < 4.78 is 0. The lowest BCUT2D eigenvalue weighted by molar-refractivity contribution is -0.138. The number of pyridine rings is 1. The molecule has 0 aliphatic carbocycles. The molecule has 0 radical (unpaired) electrons. The van der Waals surface area contributed by atoms with Crippen molar-refractivity contribution in [2.45, 2.75) is 33.6 Å². The molecular formula is C22H26N2O3. The van der Waals surface area contributed by atoms with Crippen LogP contribution in [0.3, 0.4) is 0 Å². The van der Waals surface area contributed by atoms with E-state index in [1.165, 1.54) is 0 Å². The number of carboxylic acid groups (broad SMARTS) is 1. The third-order valence-electron chi connectivity index (χ3n) is 4.95. The Labute approximate surface area is 160 Å². The third-order valence-corrected chi connectivity index (χ3v) is 4.95. The molecule has 1 saturated heterocycles. The first-order valence-corrected chi connectivity index (χ1v) is 9.33. The van der Waals surface area contributed by atoms with E-state index in [-0.39, 0.29) is 16.9 Å². The van der Waals surface area contributed by atoms with Crippen LogP contribution in [0.1, 0.15) is 43.2 Å². The standard InChI is InChI=1S/C22H26N2O3/c1-22(2,3)21(27)24-12-11-15(14-24)13-18-5-4-6-19(23-18)16-7-9-17(10-8-16)20(25)26/h4-10,15H,11-14H2,1-3H3,(H,25,26). The summed E-state index contributed by atoms with van der Waals surface area (Å²) in [4.78, 5) is 30.2. The van der Waals surface area contributed by atoms with Gasteiger partial charge in [0.05, 0.1) is 11.3 Å². The first kappa shape index (κ1) is 19.1. The van der Waals surface area contributed by atoms with Crippen LogP contribution >= 0.6 is 0 Å². The summed E-state index contributed by atoms with van der Waals surface area (Å²) in [6.07, 6.45) is 1.84. The lowest BCUT2D eigenvalue weighted by atomic mass is 9.95. The molecule has 1 unspecified atom stereocenters. The molecule has 1 aromatic heterocycles. The average Bonchev–Trinajstić information content (AvgIpc) is 3.09. The molecule has 5 heteroatoms. The molecule has 2 aromatic rings. The van der Waals surface area contributed by atoms with E-state index in [9.17, 15) is 9.59 Å². The Balaban J connectivity index is 1.68. The Morgan fingerprint density at radius 1 is 1.15 bits per heavy atom. The minimum atomic E-state index is -0.932. The number of benzene rings is 1. The van der Waals surface area contributed by atoms with Crippen LogP contribution in [0.25, 0.3) is 11.3 Å². The second-order valence-electron chi connectivity index (χ2n) is 8.26. The predicted octanol–water partition coefficient (Wildman–Crippen LogP) is 3.88. The number of nitrogens with zero attached hydrogens (tertiary/aromatic N) is 2. The normalized spacial score (nSPS) is 17.1. The summed E-state index contributed by atoms with van der Waals surface area (Å²) in [5.74, 6) is -0.294. The maximum Gasteiger partial charge on any atom is 0.335 e. The predicted molar refractivity (Wildman–Crippen MR) is 104 cm³/mol. The number of likely N-dealkylation sites (tertiary alicyclic amines) is 1. The maximum absolute atomic E-state index is 12.4. The van der Waals surface area contributed by atoms with Gasteiger partial charge in [0.2, 0.25) is 5.91 Å². The van der Waals surface area contributed by atoms with Crippen molar-refractivity contribution in [3.63, 3.8) is 0 Å². The van der Waals surface area contributed by atoms with Gasteiger partial charge < -0.3 is 10.0 Å². The van der Waals surface area contributed by atoms with Crippen molar-refractivity contribution in [1.82, 2.24) is 9.88 Å². The van der Waals surface area contributed by atoms with Gasteiger partial charge in [0.15, 0.2) is 0 Å². The molecule has 1 atom stereocenters. The third kappa shape index (κ3) is 4.54.